The average Bonchev–Trinajstić information content (AvgIpc) is 2.89. The molecule has 0 aliphatic carbocycles. The highest BCUT2D eigenvalue weighted by Gasteiger charge is 2.18. The summed E-state index contributed by atoms with van der Waals surface area (Å²) in [5.74, 6) is 7.24. The molecular weight excluding hydrogens is 352 g/mol. The van der Waals surface area contributed by atoms with Gasteiger partial charge in [-0.05, 0) is 58.9 Å². The predicted octanol–water partition coefficient (Wildman–Crippen LogP) is 3.86. The van der Waals surface area contributed by atoms with Gasteiger partial charge in [-0.3, -0.25) is 5.84 Å². The first-order chi connectivity index (χ1) is 10.2. The highest BCUT2D eigenvalue weighted by molar-refractivity contribution is 9.10. The lowest BCUT2D eigenvalue weighted by Crippen LogP contribution is -2.28. The molecule has 6 heteroatoms. The van der Waals surface area contributed by atoms with E-state index in [2.05, 4.69) is 21.4 Å². The maximum absolute atomic E-state index is 5.75. The summed E-state index contributed by atoms with van der Waals surface area (Å²) in [7, 11) is 0. The molecule has 0 aliphatic rings. The van der Waals surface area contributed by atoms with Crippen LogP contribution >= 0.6 is 27.3 Å². The Morgan fingerprint density at radius 3 is 2.48 bits per heavy atom. The Hall–Kier alpha value is -1.08. The Kier molecular flexibility index (Phi) is 6.05. The first-order valence-corrected chi connectivity index (χ1v) is 8.47. The number of nitrogens with two attached hydrogens (primary N) is 1. The number of thiophene rings is 1. The van der Waals surface area contributed by atoms with Crippen molar-refractivity contribution in [1.82, 2.24) is 5.43 Å². The van der Waals surface area contributed by atoms with Gasteiger partial charge in [0.1, 0.15) is 0 Å². The summed E-state index contributed by atoms with van der Waals surface area (Å²) < 4.78 is 12.3. The Bertz CT molecular complexity index is 589. The van der Waals surface area contributed by atoms with E-state index in [0.717, 1.165) is 26.4 Å². The van der Waals surface area contributed by atoms with E-state index in [0.29, 0.717) is 13.2 Å². The van der Waals surface area contributed by atoms with Crippen LogP contribution in [0.5, 0.6) is 11.5 Å². The number of hydrogen-bond donors (Lipinski definition) is 2. The van der Waals surface area contributed by atoms with Gasteiger partial charge in [0.15, 0.2) is 11.5 Å². The fourth-order valence-corrected chi connectivity index (χ4v) is 3.77. The molecular formula is C15H19BrN2O2S. The largest absolute Gasteiger partial charge is 0.490 e. The smallest absolute Gasteiger partial charge is 0.161 e. The third-order valence-electron chi connectivity index (χ3n) is 2.97. The molecule has 0 amide bonds. The molecule has 0 saturated carbocycles. The molecule has 1 atom stereocenters. The highest BCUT2D eigenvalue weighted by Crippen LogP contribution is 2.36. The molecule has 1 aromatic heterocycles. The van der Waals surface area contributed by atoms with Crippen LogP contribution in [0.2, 0.25) is 0 Å². The number of halogens is 1. The van der Waals surface area contributed by atoms with Crippen molar-refractivity contribution in [2.24, 2.45) is 5.84 Å². The molecule has 114 valence electrons. The predicted molar refractivity (Wildman–Crippen MR) is 90.0 cm³/mol. The van der Waals surface area contributed by atoms with Crippen LogP contribution in [0.1, 0.15) is 30.3 Å². The average molecular weight is 371 g/mol. The second-order valence-electron chi connectivity index (χ2n) is 4.30. The topological polar surface area (TPSA) is 56.5 Å². The summed E-state index contributed by atoms with van der Waals surface area (Å²) in [6.45, 7) is 5.11. The molecule has 21 heavy (non-hydrogen) atoms. The van der Waals surface area contributed by atoms with Gasteiger partial charge in [0.2, 0.25) is 0 Å². The number of ether oxygens (including phenoxy) is 2. The van der Waals surface area contributed by atoms with Crippen LogP contribution in [0.4, 0.5) is 0 Å². The molecule has 4 nitrogen and oxygen atoms in total. The summed E-state index contributed by atoms with van der Waals surface area (Å²) in [6.07, 6.45) is 0. The van der Waals surface area contributed by atoms with Crippen molar-refractivity contribution in [2.75, 3.05) is 13.2 Å². The Labute approximate surface area is 137 Å². The third-order valence-corrected chi connectivity index (χ3v) is 4.91. The van der Waals surface area contributed by atoms with Crippen LogP contribution in [-0.4, -0.2) is 13.2 Å². The number of hydrazine groups is 1. The lowest BCUT2D eigenvalue weighted by molar-refractivity contribution is 0.287. The summed E-state index contributed by atoms with van der Waals surface area (Å²) >= 11 is 5.20. The molecule has 0 bridgehead atoms. The molecule has 2 rings (SSSR count). The molecule has 0 spiro atoms. The van der Waals surface area contributed by atoms with Gasteiger partial charge in [-0.15, -0.1) is 11.3 Å². The van der Waals surface area contributed by atoms with E-state index in [-0.39, 0.29) is 6.04 Å². The van der Waals surface area contributed by atoms with Gasteiger partial charge in [-0.25, -0.2) is 5.43 Å². The molecule has 1 heterocycles. The minimum Gasteiger partial charge on any atom is -0.490 e. The Balaban J connectivity index is 2.38. The standard InChI is InChI=1S/C15H19BrN2O2S/c1-3-19-12-6-5-10(9-13(12)20-4-2)14(18-17)15-11(16)7-8-21-15/h5-9,14,18H,3-4,17H2,1-2H3. The van der Waals surface area contributed by atoms with E-state index in [1.165, 1.54) is 0 Å². The zero-order valence-electron chi connectivity index (χ0n) is 12.1. The summed E-state index contributed by atoms with van der Waals surface area (Å²) in [5, 5.41) is 2.03. The van der Waals surface area contributed by atoms with Gasteiger partial charge < -0.3 is 9.47 Å². The minimum absolute atomic E-state index is 0.0887. The second kappa shape index (κ2) is 7.79. The Morgan fingerprint density at radius 2 is 1.90 bits per heavy atom. The van der Waals surface area contributed by atoms with Crippen molar-refractivity contribution in [1.29, 1.82) is 0 Å². The molecule has 1 unspecified atom stereocenters. The molecule has 0 saturated heterocycles. The van der Waals surface area contributed by atoms with Crippen LogP contribution in [-0.2, 0) is 0 Å². The summed E-state index contributed by atoms with van der Waals surface area (Å²) in [4.78, 5) is 1.13. The normalized spacial score (nSPS) is 12.2. The zero-order valence-corrected chi connectivity index (χ0v) is 14.5. The minimum atomic E-state index is -0.0887. The van der Waals surface area contributed by atoms with Crippen molar-refractivity contribution >= 4 is 27.3 Å². The first-order valence-electron chi connectivity index (χ1n) is 6.79. The number of nitrogens with one attached hydrogen (secondary N) is 1. The molecule has 0 aliphatic heterocycles. The molecule has 1 aromatic carbocycles. The van der Waals surface area contributed by atoms with E-state index in [9.17, 15) is 0 Å². The Morgan fingerprint density at radius 1 is 1.19 bits per heavy atom. The van der Waals surface area contributed by atoms with Crippen LogP contribution < -0.4 is 20.7 Å². The van der Waals surface area contributed by atoms with Gasteiger partial charge >= 0.3 is 0 Å². The van der Waals surface area contributed by atoms with Crippen molar-refractivity contribution in [2.45, 2.75) is 19.9 Å². The maximum Gasteiger partial charge on any atom is 0.161 e. The van der Waals surface area contributed by atoms with Gasteiger partial charge in [0.05, 0.1) is 19.3 Å². The van der Waals surface area contributed by atoms with E-state index in [1.807, 2.05) is 43.5 Å². The van der Waals surface area contributed by atoms with E-state index < -0.39 is 0 Å². The number of hydrogen-bond acceptors (Lipinski definition) is 5. The fraction of sp³-hybridized carbons (Fsp3) is 0.333. The number of benzene rings is 1. The lowest BCUT2D eigenvalue weighted by Gasteiger charge is -2.18. The lowest BCUT2D eigenvalue weighted by atomic mass is 10.1. The molecule has 0 fully saturated rings. The molecule has 2 aromatic rings. The quantitative estimate of drug-likeness (QED) is 0.573. The molecule has 3 N–H and O–H groups in total. The van der Waals surface area contributed by atoms with Crippen molar-refractivity contribution < 1.29 is 9.47 Å². The summed E-state index contributed by atoms with van der Waals surface area (Å²) in [6, 6.07) is 7.84. The second-order valence-corrected chi connectivity index (χ2v) is 6.11. The maximum atomic E-state index is 5.75. The van der Waals surface area contributed by atoms with Crippen LogP contribution in [0.15, 0.2) is 34.1 Å². The van der Waals surface area contributed by atoms with E-state index >= 15 is 0 Å². The van der Waals surface area contributed by atoms with Crippen LogP contribution in [0, 0.1) is 0 Å². The van der Waals surface area contributed by atoms with Crippen molar-refractivity contribution in [3.8, 4) is 11.5 Å². The highest BCUT2D eigenvalue weighted by atomic mass is 79.9. The van der Waals surface area contributed by atoms with E-state index in [1.54, 1.807) is 11.3 Å². The van der Waals surface area contributed by atoms with Gasteiger partial charge in [0, 0.05) is 9.35 Å². The van der Waals surface area contributed by atoms with Gasteiger partial charge in [-0.2, -0.15) is 0 Å². The van der Waals surface area contributed by atoms with Crippen molar-refractivity contribution in [3.05, 3.63) is 44.6 Å². The summed E-state index contributed by atoms with van der Waals surface area (Å²) in [5.41, 5.74) is 3.90. The van der Waals surface area contributed by atoms with Crippen LogP contribution in [0.3, 0.4) is 0 Å². The SMILES string of the molecule is CCOc1ccc(C(NN)c2sccc2Br)cc1OCC. The van der Waals surface area contributed by atoms with Gasteiger partial charge in [0.25, 0.3) is 0 Å². The molecule has 0 radical (unpaired) electrons. The third kappa shape index (κ3) is 3.77. The van der Waals surface area contributed by atoms with Gasteiger partial charge in [-0.1, -0.05) is 6.07 Å². The first kappa shape index (κ1) is 16.3. The van der Waals surface area contributed by atoms with E-state index in [4.69, 9.17) is 15.3 Å². The van der Waals surface area contributed by atoms with Crippen LogP contribution in [0.25, 0.3) is 0 Å². The fourth-order valence-electron chi connectivity index (χ4n) is 2.08. The number of rotatable bonds is 7. The monoisotopic (exact) mass is 370 g/mol. The van der Waals surface area contributed by atoms with Crippen molar-refractivity contribution in [3.63, 3.8) is 0 Å². The zero-order chi connectivity index (χ0) is 15.2.